The van der Waals surface area contributed by atoms with Crippen molar-refractivity contribution in [3.05, 3.63) is 36.4 Å². The number of hydrogen-bond acceptors (Lipinski definition) is 7. The molecule has 7 nitrogen and oxygen atoms in total. The molecule has 7 heteroatoms. The van der Waals surface area contributed by atoms with E-state index in [-0.39, 0.29) is 0 Å². The summed E-state index contributed by atoms with van der Waals surface area (Å²) in [5.41, 5.74) is 0.748. The van der Waals surface area contributed by atoms with E-state index in [0.717, 1.165) is 48.4 Å². The highest BCUT2D eigenvalue weighted by Gasteiger charge is 2.21. The molecular weight excluding hydrogens is 358 g/mol. The Morgan fingerprint density at radius 1 is 0.786 bits per heavy atom. The van der Waals surface area contributed by atoms with E-state index in [9.17, 15) is 0 Å². The van der Waals surface area contributed by atoms with Gasteiger partial charge in [-0.05, 0) is 43.2 Å². The first-order valence-corrected chi connectivity index (χ1v) is 9.22. The van der Waals surface area contributed by atoms with E-state index in [1.807, 2.05) is 36.4 Å². The minimum Gasteiger partial charge on any atom is -0.497 e. The average molecular weight is 381 g/mol. The van der Waals surface area contributed by atoms with Crippen molar-refractivity contribution in [1.29, 1.82) is 0 Å². The van der Waals surface area contributed by atoms with Gasteiger partial charge in [-0.15, -0.1) is 0 Å². The summed E-state index contributed by atoms with van der Waals surface area (Å²) in [6, 6.07) is 11.4. The van der Waals surface area contributed by atoms with Crippen LogP contribution in [0.15, 0.2) is 36.4 Å². The zero-order chi connectivity index (χ0) is 19.5. The number of ether oxygens (including phenoxy) is 4. The summed E-state index contributed by atoms with van der Waals surface area (Å²) in [7, 11) is 4.87. The van der Waals surface area contributed by atoms with Crippen LogP contribution in [0.4, 0.5) is 5.82 Å². The second-order valence-electron chi connectivity index (χ2n) is 6.53. The van der Waals surface area contributed by atoms with Gasteiger partial charge in [0.05, 0.1) is 26.8 Å². The highest BCUT2D eigenvalue weighted by Crippen LogP contribution is 2.37. The molecule has 1 fully saturated rings. The Balaban J connectivity index is 1.79. The van der Waals surface area contributed by atoms with E-state index >= 15 is 0 Å². The summed E-state index contributed by atoms with van der Waals surface area (Å²) in [4.78, 5) is 11.6. The number of rotatable bonds is 6. The quantitative estimate of drug-likeness (QED) is 0.638. The van der Waals surface area contributed by atoms with Crippen molar-refractivity contribution in [2.45, 2.75) is 12.8 Å². The number of benzene rings is 2. The molecule has 1 aliphatic rings. The van der Waals surface area contributed by atoms with Gasteiger partial charge in [0.25, 0.3) is 0 Å². The van der Waals surface area contributed by atoms with Crippen molar-refractivity contribution in [2.24, 2.45) is 0 Å². The fraction of sp³-hybridized carbons (Fsp3) is 0.333. The molecule has 1 saturated heterocycles. The van der Waals surface area contributed by atoms with Gasteiger partial charge in [0.15, 0.2) is 11.5 Å². The van der Waals surface area contributed by atoms with Gasteiger partial charge in [-0.1, -0.05) is 0 Å². The highest BCUT2D eigenvalue weighted by molar-refractivity contribution is 5.92. The molecular formula is C21H23N3O4. The first kappa shape index (κ1) is 18.2. The molecule has 1 aromatic heterocycles. The lowest BCUT2D eigenvalue weighted by molar-refractivity contribution is 0.355. The highest BCUT2D eigenvalue weighted by atomic mass is 16.5. The summed E-state index contributed by atoms with van der Waals surface area (Å²) in [5.74, 6) is 3.54. The van der Waals surface area contributed by atoms with Gasteiger partial charge in [0.1, 0.15) is 17.3 Å². The number of methoxy groups -OCH3 is 3. The van der Waals surface area contributed by atoms with E-state index in [2.05, 4.69) is 9.88 Å². The first-order chi connectivity index (χ1) is 13.7. The normalized spacial score (nSPS) is 13.6. The van der Waals surface area contributed by atoms with Gasteiger partial charge in [0.2, 0.25) is 0 Å². The molecule has 0 aliphatic carbocycles. The Hall–Kier alpha value is -3.22. The van der Waals surface area contributed by atoms with Crippen LogP contribution in [0.25, 0.3) is 10.9 Å². The summed E-state index contributed by atoms with van der Waals surface area (Å²) >= 11 is 0. The van der Waals surface area contributed by atoms with Crippen molar-refractivity contribution >= 4 is 16.7 Å². The molecule has 4 rings (SSSR count). The predicted octanol–water partition coefficient (Wildman–Crippen LogP) is 4.05. The Bertz CT molecular complexity index is 970. The second kappa shape index (κ2) is 7.80. The lowest BCUT2D eigenvalue weighted by Crippen LogP contribution is -2.19. The Labute approximate surface area is 163 Å². The third-order valence-electron chi connectivity index (χ3n) is 4.83. The Kier molecular flexibility index (Phi) is 5.06. The Morgan fingerprint density at radius 3 is 2.07 bits per heavy atom. The monoisotopic (exact) mass is 381 g/mol. The fourth-order valence-electron chi connectivity index (χ4n) is 3.38. The molecule has 0 bridgehead atoms. The molecule has 0 amide bonds. The molecule has 0 spiro atoms. The third kappa shape index (κ3) is 3.47. The van der Waals surface area contributed by atoms with Gasteiger partial charge in [0, 0.05) is 24.5 Å². The molecule has 0 radical (unpaired) electrons. The van der Waals surface area contributed by atoms with E-state index in [1.165, 1.54) is 0 Å². The van der Waals surface area contributed by atoms with Crippen molar-refractivity contribution in [3.8, 4) is 29.0 Å². The van der Waals surface area contributed by atoms with Crippen LogP contribution in [0.2, 0.25) is 0 Å². The zero-order valence-corrected chi connectivity index (χ0v) is 16.3. The molecule has 2 aromatic carbocycles. The lowest BCUT2D eigenvalue weighted by atomic mass is 10.2. The van der Waals surface area contributed by atoms with Gasteiger partial charge in [-0.25, -0.2) is 0 Å². The molecule has 0 N–H and O–H groups in total. The van der Waals surface area contributed by atoms with Gasteiger partial charge < -0.3 is 23.8 Å². The maximum absolute atomic E-state index is 5.94. The largest absolute Gasteiger partial charge is 0.497 e. The zero-order valence-electron chi connectivity index (χ0n) is 16.3. The maximum Gasteiger partial charge on any atom is 0.324 e. The smallest absolute Gasteiger partial charge is 0.324 e. The van der Waals surface area contributed by atoms with Gasteiger partial charge in [-0.2, -0.15) is 9.97 Å². The minimum atomic E-state index is 0.298. The van der Waals surface area contributed by atoms with Crippen molar-refractivity contribution in [1.82, 2.24) is 9.97 Å². The molecule has 3 aromatic rings. The second-order valence-corrected chi connectivity index (χ2v) is 6.53. The first-order valence-electron chi connectivity index (χ1n) is 9.22. The molecule has 28 heavy (non-hydrogen) atoms. The van der Waals surface area contributed by atoms with Crippen LogP contribution in [-0.2, 0) is 0 Å². The Morgan fingerprint density at radius 2 is 1.43 bits per heavy atom. The standard InChI is InChI=1S/C21H23N3O4/c1-25-14-6-8-15(9-7-14)28-21-22-17-13-19(27-3)18(26-2)12-16(17)20(23-21)24-10-4-5-11-24/h6-9,12-13H,4-5,10-11H2,1-3H3. The number of nitrogens with zero attached hydrogens (tertiary/aromatic N) is 3. The molecule has 0 atom stereocenters. The number of hydrogen-bond donors (Lipinski definition) is 0. The lowest BCUT2D eigenvalue weighted by Gasteiger charge is -2.20. The fourth-order valence-corrected chi connectivity index (χ4v) is 3.38. The van der Waals surface area contributed by atoms with E-state index in [4.69, 9.17) is 23.9 Å². The number of aromatic nitrogens is 2. The summed E-state index contributed by atoms with van der Waals surface area (Å²) in [6.45, 7) is 1.92. The van der Waals surface area contributed by atoms with Crippen molar-refractivity contribution in [2.75, 3.05) is 39.3 Å². The number of fused-ring (bicyclic) bond motifs is 1. The predicted molar refractivity (Wildman–Crippen MR) is 107 cm³/mol. The van der Waals surface area contributed by atoms with Crippen LogP contribution in [0.1, 0.15) is 12.8 Å². The van der Waals surface area contributed by atoms with E-state index < -0.39 is 0 Å². The molecule has 2 heterocycles. The molecule has 146 valence electrons. The summed E-state index contributed by atoms with van der Waals surface area (Å²) < 4.78 is 22.0. The van der Waals surface area contributed by atoms with E-state index in [0.29, 0.717) is 23.3 Å². The number of anilines is 1. The molecule has 0 unspecified atom stereocenters. The molecule has 0 saturated carbocycles. The van der Waals surface area contributed by atoms with Crippen LogP contribution in [0.3, 0.4) is 0 Å². The third-order valence-corrected chi connectivity index (χ3v) is 4.83. The maximum atomic E-state index is 5.94. The van der Waals surface area contributed by atoms with E-state index in [1.54, 1.807) is 21.3 Å². The van der Waals surface area contributed by atoms with Gasteiger partial charge >= 0.3 is 6.01 Å². The van der Waals surface area contributed by atoms with Crippen LogP contribution >= 0.6 is 0 Å². The van der Waals surface area contributed by atoms with Crippen LogP contribution in [0, 0.1) is 0 Å². The summed E-state index contributed by atoms with van der Waals surface area (Å²) in [5, 5.41) is 0.918. The molecule has 1 aliphatic heterocycles. The van der Waals surface area contributed by atoms with Crippen LogP contribution in [0.5, 0.6) is 29.0 Å². The van der Waals surface area contributed by atoms with Crippen LogP contribution in [-0.4, -0.2) is 44.4 Å². The SMILES string of the molecule is COc1ccc(Oc2nc(N3CCCC3)c3cc(OC)c(OC)cc3n2)cc1. The van der Waals surface area contributed by atoms with Crippen molar-refractivity contribution in [3.63, 3.8) is 0 Å². The van der Waals surface area contributed by atoms with Crippen LogP contribution < -0.4 is 23.8 Å². The van der Waals surface area contributed by atoms with Gasteiger partial charge in [-0.3, -0.25) is 0 Å². The topological polar surface area (TPSA) is 65.9 Å². The summed E-state index contributed by atoms with van der Waals surface area (Å²) in [6.07, 6.45) is 2.29. The van der Waals surface area contributed by atoms with Crippen molar-refractivity contribution < 1.29 is 18.9 Å². The minimum absolute atomic E-state index is 0.298. The average Bonchev–Trinajstić information content (AvgIpc) is 3.27.